The van der Waals surface area contributed by atoms with E-state index in [4.69, 9.17) is 0 Å². The summed E-state index contributed by atoms with van der Waals surface area (Å²) in [5.41, 5.74) is 0. The molecule has 1 aromatic rings. The van der Waals surface area contributed by atoms with Gasteiger partial charge in [-0.25, -0.2) is 4.98 Å². The van der Waals surface area contributed by atoms with Gasteiger partial charge >= 0.3 is 0 Å². The molecule has 2 N–H and O–H groups in total. The van der Waals surface area contributed by atoms with Crippen LogP contribution in [-0.4, -0.2) is 39.8 Å². The molecule has 0 bridgehead atoms. The van der Waals surface area contributed by atoms with Crippen molar-refractivity contribution in [3.05, 3.63) is 12.2 Å². The molecule has 1 aliphatic heterocycles. The van der Waals surface area contributed by atoms with Crippen LogP contribution in [0.15, 0.2) is 6.33 Å². The summed E-state index contributed by atoms with van der Waals surface area (Å²) in [4.78, 5) is 15.9. The van der Waals surface area contributed by atoms with E-state index in [2.05, 4.69) is 27.6 Å². The second-order valence-corrected chi connectivity index (χ2v) is 4.57. The van der Waals surface area contributed by atoms with E-state index in [0.29, 0.717) is 18.9 Å². The van der Waals surface area contributed by atoms with Crippen LogP contribution in [0.3, 0.4) is 0 Å². The van der Waals surface area contributed by atoms with Gasteiger partial charge in [0.2, 0.25) is 5.91 Å². The normalized spacial score (nSPS) is 23.9. The van der Waals surface area contributed by atoms with Crippen molar-refractivity contribution in [1.82, 2.24) is 25.4 Å². The SMILES string of the molecule is CC1CCNC1C(=O)NCCc1ncn(C)n1. The van der Waals surface area contributed by atoms with Crippen molar-refractivity contribution in [1.29, 1.82) is 0 Å². The van der Waals surface area contributed by atoms with Crippen LogP contribution in [0.4, 0.5) is 0 Å². The highest BCUT2D eigenvalue weighted by atomic mass is 16.2. The Balaban J connectivity index is 1.73. The summed E-state index contributed by atoms with van der Waals surface area (Å²) in [6.07, 6.45) is 3.41. The lowest BCUT2D eigenvalue weighted by molar-refractivity contribution is -0.123. The molecule has 6 heteroatoms. The van der Waals surface area contributed by atoms with Gasteiger partial charge < -0.3 is 10.6 Å². The van der Waals surface area contributed by atoms with Crippen LogP contribution in [0.25, 0.3) is 0 Å². The topological polar surface area (TPSA) is 71.8 Å². The molecule has 1 aliphatic rings. The molecule has 17 heavy (non-hydrogen) atoms. The molecule has 6 nitrogen and oxygen atoms in total. The third-order valence-electron chi connectivity index (χ3n) is 3.11. The number of aromatic nitrogens is 3. The summed E-state index contributed by atoms with van der Waals surface area (Å²) in [5, 5.41) is 10.3. The fourth-order valence-electron chi connectivity index (χ4n) is 2.09. The van der Waals surface area contributed by atoms with Crippen LogP contribution in [0.5, 0.6) is 0 Å². The predicted octanol–water partition coefficient (Wildman–Crippen LogP) is -0.528. The molecular weight excluding hydrogens is 218 g/mol. The number of nitrogens with one attached hydrogen (secondary N) is 2. The molecule has 0 spiro atoms. The Morgan fingerprint density at radius 2 is 2.53 bits per heavy atom. The summed E-state index contributed by atoms with van der Waals surface area (Å²) >= 11 is 0. The van der Waals surface area contributed by atoms with Crippen LogP contribution in [-0.2, 0) is 18.3 Å². The Morgan fingerprint density at radius 3 is 3.12 bits per heavy atom. The van der Waals surface area contributed by atoms with Crippen LogP contribution < -0.4 is 10.6 Å². The van der Waals surface area contributed by atoms with E-state index < -0.39 is 0 Å². The maximum absolute atomic E-state index is 11.8. The number of amides is 1. The van der Waals surface area contributed by atoms with Gasteiger partial charge in [-0.3, -0.25) is 9.48 Å². The van der Waals surface area contributed by atoms with Crippen molar-refractivity contribution in [2.75, 3.05) is 13.1 Å². The van der Waals surface area contributed by atoms with E-state index in [1.165, 1.54) is 0 Å². The second-order valence-electron chi connectivity index (χ2n) is 4.57. The lowest BCUT2D eigenvalue weighted by atomic mass is 10.0. The molecule has 0 radical (unpaired) electrons. The summed E-state index contributed by atoms with van der Waals surface area (Å²) in [5.74, 6) is 1.27. The van der Waals surface area contributed by atoms with Crippen LogP contribution in [0, 0.1) is 5.92 Å². The number of nitrogens with zero attached hydrogens (tertiary/aromatic N) is 3. The molecule has 0 aliphatic carbocycles. The van der Waals surface area contributed by atoms with Gasteiger partial charge in [-0.05, 0) is 18.9 Å². The molecule has 0 aromatic carbocycles. The van der Waals surface area contributed by atoms with Gasteiger partial charge in [0.15, 0.2) is 5.82 Å². The lowest BCUT2D eigenvalue weighted by Gasteiger charge is -2.14. The van der Waals surface area contributed by atoms with Crippen molar-refractivity contribution in [3.63, 3.8) is 0 Å². The Hall–Kier alpha value is -1.43. The number of rotatable bonds is 4. The average Bonchev–Trinajstić information content (AvgIpc) is 2.87. The van der Waals surface area contributed by atoms with Crippen LogP contribution >= 0.6 is 0 Å². The fraction of sp³-hybridized carbons (Fsp3) is 0.727. The molecular formula is C11H19N5O. The van der Waals surface area contributed by atoms with Crippen molar-refractivity contribution in [2.45, 2.75) is 25.8 Å². The molecule has 1 fully saturated rings. The largest absolute Gasteiger partial charge is 0.354 e. The minimum atomic E-state index is -0.0355. The van der Waals surface area contributed by atoms with Crippen molar-refractivity contribution >= 4 is 5.91 Å². The molecule has 1 amide bonds. The Kier molecular flexibility index (Phi) is 3.73. The van der Waals surface area contributed by atoms with E-state index >= 15 is 0 Å². The first-order valence-corrected chi connectivity index (χ1v) is 6.02. The highest BCUT2D eigenvalue weighted by Gasteiger charge is 2.28. The maximum atomic E-state index is 11.8. The number of hydrogen-bond acceptors (Lipinski definition) is 4. The van der Waals surface area contributed by atoms with Gasteiger partial charge in [0.05, 0.1) is 6.04 Å². The Bertz CT molecular complexity index is 389. The maximum Gasteiger partial charge on any atom is 0.237 e. The molecule has 2 heterocycles. The minimum absolute atomic E-state index is 0.0355. The summed E-state index contributed by atoms with van der Waals surface area (Å²) in [6.45, 7) is 3.62. The van der Waals surface area contributed by atoms with Gasteiger partial charge in [0.1, 0.15) is 6.33 Å². The molecule has 94 valence electrons. The van der Waals surface area contributed by atoms with E-state index in [1.807, 2.05) is 7.05 Å². The second kappa shape index (κ2) is 5.27. The first-order chi connectivity index (χ1) is 8.16. The molecule has 2 atom stereocenters. The number of carbonyl (C=O) groups is 1. The molecule has 2 rings (SSSR count). The smallest absolute Gasteiger partial charge is 0.237 e. The molecule has 0 saturated carbocycles. The minimum Gasteiger partial charge on any atom is -0.354 e. The summed E-state index contributed by atoms with van der Waals surface area (Å²) in [6, 6.07) is -0.0355. The van der Waals surface area contributed by atoms with Crippen molar-refractivity contribution < 1.29 is 4.79 Å². The Morgan fingerprint density at radius 1 is 1.71 bits per heavy atom. The monoisotopic (exact) mass is 237 g/mol. The van der Waals surface area contributed by atoms with E-state index in [1.54, 1.807) is 11.0 Å². The quantitative estimate of drug-likeness (QED) is 0.738. The average molecular weight is 237 g/mol. The van der Waals surface area contributed by atoms with Gasteiger partial charge in [-0.1, -0.05) is 6.92 Å². The predicted molar refractivity (Wildman–Crippen MR) is 63.3 cm³/mol. The van der Waals surface area contributed by atoms with Crippen LogP contribution in [0.2, 0.25) is 0 Å². The Labute approximate surface area is 101 Å². The van der Waals surface area contributed by atoms with Gasteiger partial charge in [-0.15, -0.1) is 0 Å². The van der Waals surface area contributed by atoms with E-state index in [-0.39, 0.29) is 11.9 Å². The number of aryl methyl sites for hydroxylation is 1. The third kappa shape index (κ3) is 3.03. The van der Waals surface area contributed by atoms with E-state index in [0.717, 1.165) is 18.8 Å². The zero-order valence-electron chi connectivity index (χ0n) is 10.3. The molecule has 1 aromatic heterocycles. The highest BCUT2D eigenvalue weighted by Crippen LogP contribution is 2.13. The summed E-state index contributed by atoms with van der Waals surface area (Å²) < 4.78 is 1.66. The van der Waals surface area contributed by atoms with Crippen LogP contribution in [0.1, 0.15) is 19.2 Å². The first-order valence-electron chi connectivity index (χ1n) is 6.02. The number of carbonyl (C=O) groups excluding carboxylic acids is 1. The molecule has 2 unspecified atom stereocenters. The zero-order valence-corrected chi connectivity index (χ0v) is 10.3. The summed E-state index contributed by atoms with van der Waals surface area (Å²) in [7, 11) is 1.83. The third-order valence-corrected chi connectivity index (χ3v) is 3.11. The standard InChI is InChI=1S/C11H19N5O/c1-8-3-5-12-10(8)11(17)13-6-4-9-14-7-16(2)15-9/h7-8,10,12H,3-6H2,1-2H3,(H,13,17). The first kappa shape index (κ1) is 12.0. The fourth-order valence-corrected chi connectivity index (χ4v) is 2.09. The number of hydrogen-bond donors (Lipinski definition) is 2. The van der Waals surface area contributed by atoms with Gasteiger partial charge in [0.25, 0.3) is 0 Å². The van der Waals surface area contributed by atoms with Gasteiger partial charge in [-0.2, -0.15) is 5.10 Å². The lowest BCUT2D eigenvalue weighted by Crippen LogP contribution is -2.43. The highest BCUT2D eigenvalue weighted by molar-refractivity contribution is 5.82. The molecule has 1 saturated heterocycles. The van der Waals surface area contributed by atoms with E-state index in [9.17, 15) is 4.79 Å². The van der Waals surface area contributed by atoms with Gasteiger partial charge in [0, 0.05) is 20.0 Å². The van der Waals surface area contributed by atoms with Crippen molar-refractivity contribution in [2.24, 2.45) is 13.0 Å². The zero-order chi connectivity index (χ0) is 12.3. The van der Waals surface area contributed by atoms with Crippen molar-refractivity contribution in [3.8, 4) is 0 Å².